The molecule has 0 aromatic heterocycles. The van der Waals surface area contributed by atoms with Gasteiger partial charge in [0.2, 0.25) is 0 Å². The van der Waals surface area contributed by atoms with Gasteiger partial charge < -0.3 is 10.1 Å². The van der Waals surface area contributed by atoms with E-state index in [4.69, 9.17) is 27.9 Å². The fraction of sp³-hybridized carbons (Fsp3) is 0.235. The Labute approximate surface area is 171 Å². The van der Waals surface area contributed by atoms with Crippen molar-refractivity contribution in [2.45, 2.75) is 13.0 Å². The van der Waals surface area contributed by atoms with E-state index in [2.05, 4.69) is 5.32 Å². The topological polar surface area (TPSA) is 79.0 Å². The number of hydrogen-bond donors (Lipinski definition) is 1. The number of rotatable bonds is 4. The third kappa shape index (κ3) is 3.57. The highest BCUT2D eigenvalue weighted by Gasteiger charge is 2.36. The lowest BCUT2D eigenvalue weighted by Crippen LogP contribution is -2.32. The fourth-order valence-corrected chi connectivity index (χ4v) is 4.24. The molecule has 1 atom stereocenters. The molecule has 0 unspecified atom stereocenters. The van der Waals surface area contributed by atoms with Crippen LogP contribution in [-0.2, 0) is 15.0 Å². The first-order valence-electron chi connectivity index (χ1n) is 8.01. The normalized spacial score (nSPS) is 15.9. The molecule has 0 radical (unpaired) electrons. The van der Waals surface area contributed by atoms with Gasteiger partial charge in [-0.25, -0.2) is 4.39 Å². The minimum absolute atomic E-state index is 0.168. The number of fused-ring (bicyclic) bond motifs is 1. The van der Waals surface area contributed by atoms with Crippen LogP contribution in [-0.4, -0.2) is 34.5 Å². The van der Waals surface area contributed by atoms with Crippen molar-refractivity contribution >= 4 is 56.4 Å². The molecule has 28 heavy (non-hydrogen) atoms. The van der Waals surface area contributed by atoms with E-state index < -0.39 is 28.0 Å². The largest absolute Gasteiger partial charge is 0.479 e. The zero-order valence-corrected chi connectivity index (χ0v) is 17.4. The summed E-state index contributed by atoms with van der Waals surface area (Å²) in [6.45, 7) is 1.47. The number of hydrogen-bond acceptors (Lipinski definition) is 4. The molecular formula is C17H16Cl2FN3O4S. The number of ether oxygens (including phenoxy) is 1. The Balaban J connectivity index is 1.80. The maximum Gasteiger partial charge on any atom is 0.326 e. The summed E-state index contributed by atoms with van der Waals surface area (Å²) >= 11 is 11.8. The van der Waals surface area contributed by atoms with Gasteiger partial charge in [-0.1, -0.05) is 23.2 Å². The minimum Gasteiger partial charge on any atom is -0.479 e. The van der Waals surface area contributed by atoms with E-state index in [-0.39, 0.29) is 27.8 Å². The Morgan fingerprint density at radius 2 is 1.75 bits per heavy atom. The summed E-state index contributed by atoms with van der Waals surface area (Å²) in [7, 11) is -1.09. The first-order valence-corrected chi connectivity index (χ1v) is 10.2. The molecule has 3 rings (SSSR count). The summed E-state index contributed by atoms with van der Waals surface area (Å²) in [6.07, 6.45) is -1.00. The van der Waals surface area contributed by atoms with Gasteiger partial charge in [-0.2, -0.15) is 8.42 Å². The number of carbonyl (C=O) groups excluding carboxylic acids is 1. The van der Waals surface area contributed by atoms with Crippen LogP contribution in [0.25, 0.3) is 0 Å². The van der Waals surface area contributed by atoms with Crippen LogP contribution in [0.2, 0.25) is 10.0 Å². The summed E-state index contributed by atoms with van der Waals surface area (Å²) in [5.41, 5.74) is 0.252. The number of halogens is 3. The standard InChI is InChI=1S/C17H16Cl2FN3O4S/c1-9(27-16-5-4-10(18)6-11(16)19)17(24)21-13-8-15-14(7-12(13)20)22(2)28(25,26)23(15)3/h4-9H,1-3H3,(H,21,24)/t9-/m1/s1. The van der Waals surface area contributed by atoms with Crippen molar-refractivity contribution in [3.63, 3.8) is 0 Å². The van der Waals surface area contributed by atoms with Crippen molar-refractivity contribution in [2.24, 2.45) is 0 Å². The summed E-state index contributed by atoms with van der Waals surface area (Å²) in [6, 6.07) is 6.84. The van der Waals surface area contributed by atoms with Crippen LogP contribution < -0.4 is 18.7 Å². The van der Waals surface area contributed by atoms with Crippen molar-refractivity contribution in [1.82, 2.24) is 0 Å². The summed E-state index contributed by atoms with van der Waals surface area (Å²) in [4.78, 5) is 12.4. The second kappa shape index (κ2) is 7.31. The van der Waals surface area contributed by atoms with E-state index in [1.54, 1.807) is 6.07 Å². The Kier molecular flexibility index (Phi) is 5.35. The number of carbonyl (C=O) groups is 1. The smallest absolute Gasteiger partial charge is 0.326 e. The van der Waals surface area contributed by atoms with Gasteiger partial charge >= 0.3 is 10.2 Å². The number of benzene rings is 2. The van der Waals surface area contributed by atoms with Gasteiger partial charge in [-0.05, 0) is 31.2 Å². The minimum atomic E-state index is -3.75. The molecule has 1 aliphatic rings. The van der Waals surface area contributed by atoms with Crippen molar-refractivity contribution < 1.29 is 22.3 Å². The number of anilines is 3. The average molecular weight is 448 g/mol. The number of nitrogens with zero attached hydrogens (tertiary/aromatic N) is 2. The zero-order valence-electron chi connectivity index (χ0n) is 15.0. The van der Waals surface area contributed by atoms with Gasteiger partial charge in [0, 0.05) is 25.2 Å². The second-order valence-corrected chi connectivity index (χ2v) is 8.92. The maximum atomic E-state index is 14.4. The van der Waals surface area contributed by atoms with E-state index in [9.17, 15) is 17.6 Å². The van der Waals surface area contributed by atoms with Crippen LogP contribution in [0.4, 0.5) is 21.5 Å². The van der Waals surface area contributed by atoms with Gasteiger partial charge in [-0.15, -0.1) is 0 Å². The monoisotopic (exact) mass is 447 g/mol. The fourth-order valence-electron chi connectivity index (χ4n) is 2.63. The molecule has 0 bridgehead atoms. The van der Waals surface area contributed by atoms with E-state index in [0.717, 1.165) is 14.7 Å². The van der Waals surface area contributed by atoms with Crippen LogP contribution in [0.15, 0.2) is 30.3 Å². The van der Waals surface area contributed by atoms with E-state index in [1.165, 1.54) is 39.2 Å². The Morgan fingerprint density at radius 3 is 2.36 bits per heavy atom. The van der Waals surface area contributed by atoms with E-state index >= 15 is 0 Å². The van der Waals surface area contributed by atoms with Crippen LogP contribution in [0, 0.1) is 5.82 Å². The second-order valence-electron chi connectivity index (χ2n) is 6.09. The summed E-state index contributed by atoms with van der Waals surface area (Å²) in [5, 5.41) is 3.05. The molecule has 2 aromatic rings. The summed E-state index contributed by atoms with van der Waals surface area (Å²) < 4.78 is 46.2. The van der Waals surface area contributed by atoms with Crippen LogP contribution in [0.1, 0.15) is 6.92 Å². The lowest BCUT2D eigenvalue weighted by Gasteiger charge is -2.17. The van der Waals surface area contributed by atoms with Crippen LogP contribution >= 0.6 is 23.2 Å². The Hall–Kier alpha value is -2.23. The van der Waals surface area contributed by atoms with Gasteiger partial charge in [0.05, 0.1) is 22.1 Å². The highest BCUT2D eigenvalue weighted by Crippen LogP contribution is 2.41. The molecule has 150 valence electrons. The number of nitrogens with one attached hydrogen (secondary N) is 1. The Morgan fingerprint density at radius 1 is 1.14 bits per heavy atom. The SMILES string of the molecule is C[C@@H](Oc1ccc(Cl)cc1Cl)C(=O)Nc1cc2c(cc1F)N(C)S(=O)(=O)N2C. The van der Waals surface area contributed by atoms with Gasteiger partial charge in [0.1, 0.15) is 11.6 Å². The molecule has 0 aliphatic carbocycles. The van der Waals surface area contributed by atoms with Gasteiger partial charge in [0.15, 0.2) is 6.10 Å². The number of amides is 1. The van der Waals surface area contributed by atoms with Gasteiger partial charge in [0.25, 0.3) is 5.91 Å². The lowest BCUT2D eigenvalue weighted by molar-refractivity contribution is -0.122. The van der Waals surface area contributed by atoms with Crippen molar-refractivity contribution in [3.05, 3.63) is 46.2 Å². The molecule has 7 nitrogen and oxygen atoms in total. The van der Waals surface area contributed by atoms with Crippen LogP contribution in [0.3, 0.4) is 0 Å². The molecule has 1 amide bonds. The first kappa shape index (κ1) is 20.5. The molecule has 2 aromatic carbocycles. The predicted molar refractivity (Wildman–Crippen MR) is 107 cm³/mol. The van der Waals surface area contributed by atoms with E-state index in [0.29, 0.717) is 5.02 Å². The first-order chi connectivity index (χ1) is 13.0. The highest BCUT2D eigenvalue weighted by atomic mass is 35.5. The lowest BCUT2D eigenvalue weighted by atomic mass is 10.2. The van der Waals surface area contributed by atoms with Crippen molar-refractivity contribution in [2.75, 3.05) is 28.0 Å². The Bertz CT molecular complexity index is 1060. The highest BCUT2D eigenvalue weighted by molar-refractivity contribution is 7.94. The maximum absolute atomic E-state index is 14.4. The van der Waals surface area contributed by atoms with Crippen molar-refractivity contribution in [3.8, 4) is 5.75 Å². The molecule has 1 aliphatic heterocycles. The quantitative estimate of drug-likeness (QED) is 0.775. The molecule has 0 fully saturated rings. The van der Waals surface area contributed by atoms with Crippen molar-refractivity contribution in [1.29, 1.82) is 0 Å². The van der Waals surface area contributed by atoms with E-state index in [1.807, 2.05) is 0 Å². The third-order valence-corrected chi connectivity index (χ3v) is 6.57. The molecule has 1 N–H and O–H groups in total. The molecule has 1 heterocycles. The van der Waals surface area contributed by atoms with Crippen LogP contribution in [0.5, 0.6) is 5.75 Å². The zero-order chi connectivity index (χ0) is 20.8. The average Bonchev–Trinajstić information content (AvgIpc) is 2.78. The molecule has 0 saturated heterocycles. The molecular weight excluding hydrogens is 432 g/mol. The molecule has 11 heteroatoms. The van der Waals surface area contributed by atoms with Gasteiger partial charge in [-0.3, -0.25) is 13.4 Å². The third-order valence-electron chi connectivity index (χ3n) is 4.26. The molecule has 0 spiro atoms. The predicted octanol–water partition coefficient (Wildman–Crippen LogP) is 3.67. The molecule has 0 saturated carbocycles. The summed E-state index contributed by atoms with van der Waals surface area (Å²) in [5.74, 6) is -1.17.